The molecule has 13 heteroatoms. The molecule has 1 unspecified atom stereocenters. The van der Waals surface area contributed by atoms with Crippen molar-refractivity contribution in [2.24, 2.45) is 5.73 Å². The second kappa shape index (κ2) is 14.8. The van der Waals surface area contributed by atoms with E-state index in [0.29, 0.717) is 22.7 Å². The topological polar surface area (TPSA) is 153 Å². The molecule has 0 bridgehead atoms. The maximum atomic E-state index is 11.4. The summed E-state index contributed by atoms with van der Waals surface area (Å²) in [6.45, 7) is 2.57. The third-order valence-electron chi connectivity index (χ3n) is 7.56. The number of carbonyl (C=O) groups is 3. The minimum Gasteiger partial charge on any atom is -0.365 e. The van der Waals surface area contributed by atoms with Crippen LogP contribution in [0.3, 0.4) is 0 Å². The maximum Gasteiger partial charge on any atom is 0.258 e. The first-order chi connectivity index (χ1) is 20.1. The third kappa shape index (κ3) is 8.44. The fourth-order valence-electron chi connectivity index (χ4n) is 5.33. The number of carbonyl (C=O) groups excluding carboxylic acids is 3. The summed E-state index contributed by atoms with van der Waals surface area (Å²) < 4.78 is 0.970. The number of anilines is 1. The van der Waals surface area contributed by atoms with E-state index in [1.807, 2.05) is 43.3 Å². The summed E-state index contributed by atoms with van der Waals surface area (Å²) in [5.74, 6) is 1.06. The molecule has 3 saturated heterocycles. The molecule has 0 saturated carbocycles. The Hall–Kier alpha value is -3.18. The van der Waals surface area contributed by atoms with Crippen molar-refractivity contribution < 1.29 is 24.2 Å². The molecule has 3 fully saturated rings. The summed E-state index contributed by atoms with van der Waals surface area (Å²) in [4.78, 5) is 65.5. The second-order valence-electron chi connectivity index (χ2n) is 10.9. The van der Waals surface area contributed by atoms with Crippen LogP contribution in [0, 0.1) is 0 Å². The van der Waals surface area contributed by atoms with Gasteiger partial charge in [-0.15, -0.1) is 11.3 Å². The van der Waals surface area contributed by atoms with Gasteiger partial charge in [-0.3, -0.25) is 14.4 Å². The highest BCUT2D eigenvalue weighted by atomic mass is 32.1. The smallest absolute Gasteiger partial charge is 0.258 e. The van der Waals surface area contributed by atoms with Crippen LogP contribution in [0.5, 0.6) is 0 Å². The van der Waals surface area contributed by atoms with Gasteiger partial charge in [0.2, 0.25) is 18.3 Å². The van der Waals surface area contributed by atoms with Gasteiger partial charge in [0.15, 0.2) is 8.38 Å². The van der Waals surface area contributed by atoms with Crippen molar-refractivity contribution >= 4 is 54.0 Å². The monoisotopic (exact) mass is 614 g/mol. The average molecular weight is 615 g/mol. The zero-order valence-electron chi connectivity index (χ0n) is 24.1. The molecule has 0 aliphatic carbocycles. The van der Waals surface area contributed by atoms with E-state index in [4.69, 9.17) is 15.5 Å². The van der Waals surface area contributed by atoms with E-state index >= 15 is 0 Å². The van der Waals surface area contributed by atoms with Gasteiger partial charge in [-0.25, -0.2) is 9.97 Å². The van der Waals surface area contributed by atoms with Crippen molar-refractivity contribution in [1.82, 2.24) is 19.8 Å². The molecule has 3 aromatic rings. The highest BCUT2D eigenvalue weighted by Crippen LogP contribution is 2.32. The minimum absolute atomic E-state index is 0.243. The highest BCUT2D eigenvalue weighted by molar-refractivity contribution is 7.44. The lowest BCUT2D eigenvalue weighted by atomic mass is 9.97. The van der Waals surface area contributed by atoms with Crippen molar-refractivity contribution in [1.29, 1.82) is 0 Å². The number of nitrogens with two attached hydrogens (primary N) is 1. The average Bonchev–Trinajstić information content (AvgIpc) is 3.54. The Bertz CT molecular complexity index is 1380. The quantitative estimate of drug-likeness (QED) is 0.282. The number of likely N-dealkylation sites (tertiary alicyclic amines) is 1. The molecular formula is C29H39N6O5PS. The molecule has 4 N–H and O–H groups in total. The van der Waals surface area contributed by atoms with Crippen LogP contribution >= 0.6 is 19.7 Å². The first kappa shape index (κ1) is 31.7. The molecule has 3 aliphatic rings. The van der Waals surface area contributed by atoms with Gasteiger partial charge < -0.3 is 30.2 Å². The largest absolute Gasteiger partial charge is 0.365 e. The molecule has 0 radical (unpaired) electrons. The predicted octanol–water partition coefficient (Wildman–Crippen LogP) is 3.45. The van der Waals surface area contributed by atoms with E-state index in [1.54, 1.807) is 17.2 Å². The number of benzene rings is 1. The van der Waals surface area contributed by atoms with E-state index in [2.05, 4.69) is 14.9 Å². The molecule has 3 amide bonds. The van der Waals surface area contributed by atoms with Gasteiger partial charge in [0, 0.05) is 69.2 Å². The van der Waals surface area contributed by atoms with Gasteiger partial charge in [-0.1, -0.05) is 12.5 Å². The number of primary amides is 1. The summed E-state index contributed by atoms with van der Waals surface area (Å²) in [6.07, 6.45) is 9.81. The van der Waals surface area contributed by atoms with E-state index < -0.39 is 14.3 Å². The Kier molecular flexibility index (Phi) is 11.2. The van der Waals surface area contributed by atoms with Crippen LogP contribution in [0.4, 0.5) is 5.95 Å². The van der Waals surface area contributed by atoms with E-state index in [0.717, 1.165) is 66.2 Å². The van der Waals surface area contributed by atoms with Crippen LogP contribution in [0.1, 0.15) is 65.4 Å². The van der Waals surface area contributed by atoms with Crippen LogP contribution < -0.4 is 10.6 Å². The number of amides is 3. The standard InChI is InChI=1S/C10H14N4O.C10H10NO3PS.C9H15NO/c1-13(2)10-11-4-3-9(12-10)8-5-14(6-8)7-15;11-10(12)9-4-7-3-6(5-15(13)14)1-2-8(7)16-9;11-9-6-2-1-4-8-5-3-7-10(8)9/h3-4,7-8H,5-6H2,1-2H3;1-4,13-14H,5H2,(H2,11,12);8H,1-7H2. The number of hydrogen-bond donors (Lipinski definition) is 3. The minimum atomic E-state index is -1.93. The first-order valence-electron chi connectivity index (χ1n) is 14.1. The number of nitrogens with zero attached hydrogens (tertiary/aromatic N) is 5. The van der Waals surface area contributed by atoms with Crippen LogP contribution in [0.2, 0.25) is 0 Å². The van der Waals surface area contributed by atoms with Gasteiger partial charge in [-0.2, -0.15) is 0 Å². The number of thiophene rings is 1. The number of fused-ring (bicyclic) bond motifs is 2. The fourth-order valence-corrected chi connectivity index (χ4v) is 6.75. The van der Waals surface area contributed by atoms with Crippen molar-refractivity contribution in [3.8, 4) is 0 Å². The molecule has 1 aromatic carbocycles. The molecule has 226 valence electrons. The summed E-state index contributed by atoms with van der Waals surface area (Å²) in [7, 11) is 1.90. The Morgan fingerprint density at radius 2 is 1.93 bits per heavy atom. The van der Waals surface area contributed by atoms with Crippen LogP contribution in [0.15, 0.2) is 36.5 Å². The molecule has 3 aliphatic heterocycles. The molecule has 42 heavy (non-hydrogen) atoms. The van der Waals surface area contributed by atoms with Gasteiger partial charge in [-0.05, 0) is 60.9 Å². The highest BCUT2D eigenvalue weighted by Gasteiger charge is 2.30. The lowest BCUT2D eigenvalue weighted by molar-refractivity contribution is -0.131. The normalized spacial score (nSPS) is 18.3. The Morgan fingerprint density at radius 1 is 1.17 bits per heavy atom. The fraction of sp³-hybridized carbons (Fsp3) is 0.483. The number of aromatic nitrogens is 2. The van der Waals surface area contributed by atoms with Gasteiger partial charge in [0.05, 0.1) is 10.6 Å². The molecule has 2 aromatic heterocycles. The van der Waals surface area contributed by atoms with Crippen LogP contribution in [-0.2, 0) is 15.8 Å². The second-order valence-corrected chi connectivity index (χ2v) is 13.1. The van der Waals surface area contributed by atoms with Crippen LogP contribution in [0.25, 0.3) is 10.1 Å². The zero-order chi connectivity index (χ0) is 30.2. The molecule has 0 spiro atoms. The SMILES string of the molecule is CN(C)c1nccc(C2CN(C=O)C2)n1.NC(=O)c1cc2cc(CP(O)O)ccc2s1.O=C1CCCCC2CCCN12. The Labute approximate surface area is 251 Å². The summed E-state index contributed by atoms with van der Waals surface area (Å²) >= 11 is 1.34. The van der Waals surface area contributed by atoms with Crippen LogP contribution in [-0.4, -0.2) is 87.6 Å². The number of hydrogen-bond acceptors (Lipinski definition) is 9. The zero-order valence-corrected chi connectivity index (χ0v) is 25.8. The summed E-state index contributed by atoms with van der Waals surface area (Å²) in [5.41, 5.74) is 7.06. The van der Waals surface area contributed by atoms with Crippen molar-refractivity contribution in [2.75, 3.05) is 38.6 Å². The Morgan fingerprint density at radius 3 is 2.62 bits per heavy atom. The van der Waals surface area contributed by atoms with E-state index in [9.17, 15) is 14.4 Å². The maximum absolute atomic E-state index is 11.4. The van der Waals surface area contributed by atoms with Crippen molar-refractivity contribution in [3.63, 3.8) is 0 Å². The first-order valence-corrected chi connectivity index (χ1v) is 16.4. The Balaban J connectivity index is 0.000000147. The molecule has 6 rings (SSSR count). The lowest BCUT2D eigenvalue weighted by Crippen LogP contribution is -2.44. The molecule has 5 heterocycles. The van der Waals surface area contributed by atoms with E-state index in [1.165, 1.54) is 37.0 Å². The molecular weight excluding hydrogens is 575 g/mol. The van der Waals surface area contributed by atoms with E-state index in [-0.39, 0.29) is 6.16 Å². The predicted molar refractivity (Wildman–Crippen MR) is 165 cm³/mol. The lowest BCUT2D eigenvalue weighted by Gasteiger charge is -2.35. The van der Waals surface area contributed by atoms with Gasteiger partial charge in [0.1, 0.15) is 0 Å². The van der Waals surface area contributed by atoms with Crippen molar-refractivity contribution in [2.45, 2.75) is 56.6 Å². The van der Waals surface area contributed by atoms with Gasteiger partial charge in [0.25, 0.3) is 5.91 Å². The molecule has 11 nitrogen and oxygen atoms in total. The van der Waals surface area contributed by atoms with Gasteiger partial charge >= 0.3 is 0 Å². The third-order valence-corrected chi connectivity index (χ3v) is 9.34. The summed E-state index contributed by atoms with van der Waals surface area (Å²) in [5, 5.41) is 0.910. The van der Waals surface area contributed by atoms with Crippen molar-refractivity contribution in [3.05, 3.63) is 52.7 Å². The summed E-state index contributed by atoms with van der Waals surface area (Å²) in [6, 6.07) is 9.79. The number of rotatable bonds is 6. The molecule has 1 atom stereocenters.